The van der Waals surface area contributed by atoms with Gasteiger partial charge < -0.3 is 9.84 Å². The molecular weight excluding hydrogens is 244 g/mol. The first kappa shape index (κ1) is 12.2. The van der Waals surface area contributed by atoms with E-state index in [0.29, 0.717) is 10.3 Å². The minimum Gasteiger partial charge on any atom is -0.392 e. The zero-order chi connectivity index (χ0) is 11.5. The first-order valence-electron chi connectivity index (χ1n) is 5.38. The molecule has 0 spiro atoms. The lowest BCUT2D eigenvalue weighted by atomic mass is 10.2. The third-order valence-corrected chi connectivity index (χ3v) is 4.58. The second-order valence-corrected chi connectivity index (χ2v) is 5.65. The summed E-state index contributed by atoms with van der Waals surface area (Å²) < 4.78 is 5.53. The van der Waals surface area contributed by atoms with Gasteiger partial charge in [-0.25, -0.2) is 0 Å². The van der Waals surface area contributed by atoms with Crippen molar-refractivity contribution in [2.24, 2.45) is 0 Å². The summed E-state index contributed by atoms with van der Waals surface area (Å²) in [6, 6.07) is 5.61. The van der Waals surface area contributed by atoms with E-state index in [9.17, 15) is 5.11 Å². The van der Waals surface area contributed by atoms with Crippen molar-refractivity contribution in [1.29, 1.82) is 0 Å². The molecule has 0 radical (unpaired) electrons. The van der Waals surface area contributed by atoms with Crippen LogP contribution < -0.4 is 0 Å². The van der Waals surface area contributed by atoms with Gasteiger partial charge in [-0.2, -0.15) is 0 Å². The number of ether oxygens (including phenoxy) is 1. The van der Waals surface area contributed by atoms with Crippen LogP contribution >= 0.6 is 23.4 Å². The van der Waals surface area contributed by atoms with Crippen LogP contribution in [0, 0.1) is 0 Å². The Morgan fingerprint density at radius 1 is 1.56 bits per heavy atom. The summed E-state index contributed by atoms with van der Waals surface area (Å²) in [4.78, 5) is 1.07. The zero-order valence-electron chi connectivity index (χ0n) is 9.15. The summed E-state index contributed by atoms with van der Waals surface area (Å²) in [5.74, 6) is 0. The molecule has 0 bridgehead atoms. The van der Waals surface area contributed by atoms with Gasteiger partial charge in [-0.3, -0.25) is 0 Å². The minimum atomic E-state index is 0.0570. The number of hydrogen-bond donors (Lipinski definition) is 1. The summed E-state index contributed by atoms with van der Waals surface area (Å²) in [6.07, 6.45) is 1.33. The first-order chi connectivity index (χ1) is 7.70. The van der Waals surface area contributed by atoms with Crippen molar-refractivity contribution < 1.29 is 9.84 Å². The van der Waals surface area contributed by atoms with Crippen LogP contribution in [-0.4, -0.2) is 23.1 Å². The Kier molecular flexibility index (Phi) is 4.14. The van der Waals surface area contributed by atoms with Crippen LogP contribution in [0.1, 0.15) is 18.9 Å². The molecule has 1 fully saturated rings. The molecular formula is C12H15ClO2S. The highest BCUT2D eigenvalue weighted by Crippen LogP contribution is 2.35. The molecule has 1 aliphatic rings. The fraction of sp³-hybridized carbons (Fsp3) is 0.500. The van der Waals surface area contributed by atoms with Crippen molar-refractivity contribution in [1.82, 2.24) is 0 Å². The molecule has 1 N–H and O–H groups in total. The molecule has 0 amide bonds. The summed E-state index contributed by atoms with van der Waals surface area (Å²) in [6.45, 7) is 2.98. The lowest BCUT2D eigenvalue weighted by Crippen LogP contribution is -2.13. The lowest BCUT2D eigenvalue weighted by Gasteiger charge is -2.15. The van der Waals surface area contributed by atoms with Gasteiger partial charge in [-0.05, 0) is 31.0 Å². The zero-order valence-corrected chi connectivity index (χ0v) is 10.7. The van der Waals surface area contributed by atoms with Crippen LogP contribution in [0.2, 0.25) is 5.02 Å². The number of thioether (sulfide) groups is 1. The number of aliphatic hydroxyl groups excluding tert-OH is 1. The molecule has 88 valence electrons. The van der Waals surface area contributed by atoms with Gasteiger partial charge in [0.2, 0.25) is 0 Å². The molecule has 1 aromatic rings. The average molecular weight is 259 g/mol. The summed E-state index contributed by atoms with van der Waals surface area (Å²) in [5.41, 5.74) is 0.938. The molecule has 1 aliphatic heterocycles. The highest BCUT2D eigenvalue weighted by molar-refractivity contribution is 8.00. The Morgan fingerprint density at radius 2 is 2.38 bits per heavy atom. The summed E-state index contributed by atoms with van der Waals surface area (Å²) >= 11 is 7.72. The third kappa shape index (κ3) is 2.72. The smallest absolute Gasteiger partial charge is 0.0692 e. The maximum absolute atomic E-state index is 9.26. The lowest BCUT2D eigenvalue weighted by molar-refractivity contribution is 0.127. The number of rotatable bonds is 3. The van der Waals surface area contributed by atoms with E-state index in [0.717, 1.165) is 23.5 Å². The van der Waals surface area contributed by atoms with Crippen molar-refractivity contribution in [3.63, 3.8) is 0 Å². The topological polar surface area (TPSA) is 29.5 Å². The van der Waals surface area contributed by atoms with E-state index in [-0.39, 0.29) is 12.7 Å². The highest BCUT2D eigenvalue weighted by atomic mass is 35.5. The second-order valence-electron chi connectivity index (χ2n) is 3.93. The van der Waals surface area contributed by atoms with Gasteiger partial charge in [0.15, 0.2) is 0 Å². The Morgan fingerprint density at radius 3 is 3.00 bits per heavy atom. The van der Waals surface area contributed by atoms with Gasteiger partial charge in [-0.15, -0.1) is 11.8 Å². The van der Waals surface area contributed by atoms with E-state index in [1.165, 1.54) is 0 Å². The quantitative estimate of drug-likeness (QED) is 0.904. The average Bonchev–Trinajstić information content (AvgIpc) is 2.65. The van der Waals surface area contributed by atoms with Gasteiger partial charge >= 0.3 is 0 Å². The second kappa shape index (κ2) is 5.41. The molecule has 1 saturated heterocycles. The molecule has 0 aromatic heterocycles. The Bertz CT molecular complexity index is 370. The fourth-order valence-electron chi connectivity index (χ4n) is 1.80. The third-order valence-electron chi connectivity index (χ3n) is 2.78. The first-order valence-corrected chi connectivity index (χ1v) is 6.64. The fourth-order valence-corrected chi connectivity index (χ4v) is 3.32. The van der Waals surface area contributed by atoms with E-state index >= 15 is 0 Å². The molecule has 1 heterocycles. The van der Waals surface area contributed by atoms with Gasteiger partial charge in [-0.1, -0.05) is 17.7 Å². The predicted octanol–water partition coefficient (Wildman–Crippen LogP) is 3.10. The molecule has 1 aromatic carbocycles. The maximum atomic E-state index is 9.26. The van der Waals surface area contributed by atoms with Crippen molar-refractivity contribution in [2.45, 2.75) is 36.2 Å². The number of aliphatic hydroxyl groups is 1. The Balaban J connectivity index is 2.16. The normalized spacial score (nSPS) is 24.9. The standard InChI is InChI=1S/C12H15ClO2S/c1-8-11(4-5-15-8)16-12-6-10(13)3-2-9(12)7-14/h2-3,6,8,11,14H,4-5,7H2,1H3. The highest BCUT2D eigenvalue weighted by Gasteiger charge is 2.25. The van der Waals surface area contributed by atoms with Crippen LogP contribution in [0.3, 0.4) is 0 Å². The van der Waals surface area contributed by atoms with E-state index in [1.54, 1.807) is 11.8 Å². The van der Waals surface area contributed by atoms with Gasteiger partial charge in [0.1, 0.15) is 0 Å². The van der Waals surface area contributed by atoms with Crippen LogP contribution in [0.15, 0.2) is 23.1 Å². The Hall–Kier alpha value is -0.220. The molecule has 4 heteroatoms. The van der Waals surface area contributed by atoms with E-state index in [1.807, 2.05) is 18.2 Å². The van der Waals surface area contributed by atoms with Crippen LogP contribution in [0.5, 0.6) is 0 Å². The predicted molar refractivity (Wildman–Crippen MR) is 67.1 cm³/mol. The molecule has 2 nitrogen and oxygen atoms in total. The number of benzene rings is 1. The number of hydrogen-bond acceptors (Lipinski definition) is 3. The maximum Gasteiger partial charge on any atom is 0.0692 e. The molecule has 16 heavy (non-hydrogen) atoms. The van der Waals surface area contributed by atoms with Crippen LogP contribution in [0.25, 0.3) is 0 Å². The van der Waals surface area contributed by atoms with Crippen LogP contribution in [-0.2, 0) is 11.3 Å². The van der Waals surface area contributed by atoms with Gasteiger partial charge in [0, 0.05) is 21.8 Å². The Labute approximate surface area is 105 Å². The summed E-state index contributed by atoms with van der Waals surface area (Å²) in [5, 5.41) is 10.4. The van der Waals surface area contributed by atoms with Crippen LogP contribution in [0.4, 0.5) is 0 Å². The monoisotopic (exact) mass is 258 g/mol. The van der Waals surface area contributed by atoms with Gasteiger partial charge in [0.25, 0.3) is 0 Å². The van der Waals surface area contributed by atoms with E-state index in [4.69, 9.17) is 16.3 Å². The largest absolute Gasteiger partial charge is 0.392 e. The van der Waals surface area contributed by atoms with Gasteiger partial charge in [0.05, 0.1) is 12.7 Å². The minimum absolute atomic E-state index is 0.0570. The van der Waals surface area contributed by atoms with Crippen molar-refractivity contribution in [3.05, 3.63) is 28.8 Å². The van der Waals surface area contributed by atoms with E-state index in [2.05, 4.69) is 6.92 Å². The summed E-state index contributed by atoms with van der Waals surface area (Å²) in [7, 11) is 0. The molecule has 2 atom stereocenters. The van der Waals surface area contributed by atoms with E-state index < -0.39 is 0 Å². The molecule has 2 unspecified atom stereocenters. The molecule has 0 aliphatic carbocycles. The van der Waals surface area contributed by atoms with Crippen molar-refractivity contribution >= 4 is 23.4 Å². The molecule has 2 rings (SSSR count). The SMILES string of the molecule is CC1OCCC1Sc1cc(Cl)ccc1CO. The molecule has 0 saturated carbocycles. The number of halogens is 1. The van der Waals surface area contributed by atoms with Crippen molar-refractivity contribution in [3.8, 4) is 0 Å². The van der Waals surface area contributed by atoms with Crippen molar-refractivity contribution in [2.75, 3.05) is 6.61 Å².